The topological polar surface area (TPSA) is 75.3 Å². The number of hydrogen-bond acceptors (Lipinski definition) is 5. The van der Waals surface area contributed by atoms with Gasteiger partial charge in [-0.3, -0.25) is 19.6 Å². The number of likely N-dealkylation sites (tertiary alicyclic amines) is 1. The van der Waals surface area contributed by atoms with Gasteiger partial charge in [0.25, 0.3) is 0 Å². The molecule has 1 N–H and O–H groups in total. The number of fused-ring (bicyclic) bond motifs is 1. The summed E-state index contributed by atoms with van der Waals surface area (Å²) < 4.78 is 4.75. The first-order chi connectivity index (χ1) is 18.5. The van der Waals surface area contributed by atoms with E-state index in [-0.39, 0.29) is 18.2 Å². The maximum atomic E-state index is 12.8. The van der Waals surface area contributed by atoms with Gasteiger partial charge in [0.1, 0.15) is 5.78 Å². The number of aromatic amines is 1. The summed E-state index contributed by atoms with van der Waals surface area (Å²) >= 11 is 0. The van der Waals surface area contributed by atoms with Crippen molar-refractivity contribution in [2.24, 2.45) is 5.92 Å². The molecule has 0 bridgehead atoms. The third-order valence-electron chi connectivity index (χ3n) is 7.40. The van der Waals surface area contributed by atoms with E-state index in [0.29, 0.717) is 18.8 Å². The van der Waals surface area contributed by atoms with E-state index in [1.165, 1.54) is 36.5 Å². The van der Waals surface area contributed by atoms with Crippen molar-refractivity contribution in [2.75, 3.05) is 20.2 Å². The second kappa shape index (κ2) is 12.2. The Morgan fingerprint density at radius 3 is 2.39 bits per heavy atom. The summed E-state index contributed by atoms with van der Waals surface area (Å²) in [6, 6.07) is 22.7. The van der Waals surface area contributed by atoms with Crippen molar-refractivity contribution in [3.05, 3.63) is 101 Å². The Hall–Kier alpha value is -3.77. The molecule has 6 nitrogen and oxygen atoms in total. The minimum atomic E-state index is -0.277. The molecule has 38 heavy (non-hydrogen) atoms. The predicted octanol–water partition coefficient (Wildman–Crippen LogP) is 5.09. The number of Topliss-reactive ketones (excluding diaryl/α,β-unsaturated/α-hetero) is 1. The number of carbonyl (C=O) groups is 2. The zero-order chi connectivity index (χ0) is 26.3. The molecule has 6 heteroatoms. The molecule has 1 atom stereocenters. The lowest BCUT2D eigenvalue weighted by Crippen LogP contribution is -2.35. The van der Waals surface area contributed by atoms with Gasteiger partial charge in [-0.05, 0) is 71.7 Å². The van der Waals surface area contributed by atoms with Crippen LogP contribution in [0.1, 0.15) is 40.7 Å². The number of nitrogens with zero attached hydrogens (tertiary/aromatic N) is 2. The van der Waals surface area contributed by atoms with Gasteiger partial charge < -0.3 is 4.74 Å². The van der Waals surface area contributed by atoms with Crippen LogP contribution in [0.25, 0.3) is 10.9 Å². The molecule has 0 aliphatic carbocycles. The van der Waals surface area contributed by atoms with E-state index < -0.39 is 0 Å². The largest absolute Gasteiger partial charge is 0.469 e. The van der Waals surface area contributed by atoms with Crippen LogP contribution in [0.3, 0.4) is 0 Å². The number of ketones is 1. The molecule has 4 aromatic rings. The second-order valence-corrected chi connectivity index (χ2v) is 10.5. The Morgan fingerprint density at radius 2 is 1.63 bits per heavy atom. The number of esters is 1. The predicted molar refractivity (Wildman–Crippen MR) is 149 cm³/mol. The SMILES string of the molecule is COC(=O)Cc1cccc(CC(=O)Cc2cccc(CN3CCCC(Cc4ccc5[nH]ncc5c4)C3)c2)c1. The number of benzene rings is 3. The molecule has 1 aliphatic rings. The molecule has 0 saturated carbocycles. The summed E-state index contributed by atoms with van der Waals surface area (Å²) in [7, 11) is 1.39. The van der Waals surface area contributed by atoms with Gasteiger partial charge in [0.2, 0.25) is 0 Å². The molecule has 5 rings (SSSR count). The fraction of sp³-hybridized carbons (Fsp3) is 0.344. The summed E-state index contributed by atoms with van der Waals surface area (Å²) in [5.74, 6) is 0.541. The van der Waals surface area contributed by atoms with Crippen molar-refractivity contribution in [3.8, 4) is 0 Å². The summed E-state index contributed by atoms with van der Waals surface area (Å²) in [5.41, 5.74) is 6.58. The molecule has 0 amide bonds. The Labute approximate surface area is 224 Å². The third kappa shape index (κ3) is 6.95. The van der Waals surface area contributed by atoms with E-state index in [0.717, 1.165) is 48.3 Å². The third-order valence-corrected chi connectivity index (χ3v) is 7.40. The van der Waals surface area contributed by atoms with Crippen LogP contribution in [0.15, 0.2) is 72.9 Å². The molecule has 1 saturated heterocycles. The van der Waals surface area contributed by atoms with Gasteiger partial charge in [-0.1, -0.05) is 54.6 Å². The Balaban J connectivity index is 1.15. The van der Waals surface area contributed by atoms with Crippen LogP contribution in [0.5, 0.6) is 0 Å². The molecule has 196 valence electrons. The maximum Gasteiger partial charge on any atom is 0.309 e. The zero-order valence-electron chi connectivity index (χ0n) is 22.0. The smallest absolute Gasteiger partial charge is 0.309 e. The van der Waals surface area contributed by atoms with Crippen LogP contribution in [0, 0.1) is 5.92 Å². The Bertz CT molecular complexity index is 1410. The Kier molecular flexibility index (Phi) is 8.29. The number of rotatable bonds is 10. The highest BCUT2D eigenvalue weighted by atomic mass is 16.5. The van der Waals surface area contributed by atoms with Gasteiger partial charge in [-0.25, -0.2) is 0 Å². The summed E-state index contributed by atoms with van der Waals surface area (Å²) in [6.45, 7) is 3.12. The molecule has 0 radical (unpaired) electrons. The van der Waals surface area contributed by atoms with E-state index >= 15 is 0 Å². The van der Waals surface area contributed by atoms with Crippen LogP contribution in [0.4, 0.5) is 0 Å². The van der Waals surface area contributed by atoms with E-state index in [4.69, 9.17) is 4.74 Å². The van der Waals surface area contributed by atoms with Gasteiger partial charge in [-0.2, -0.15) is 5.10 Å². The first kappa shape index (κ1) is 25.9. The van der Waals surface area contributed by atoms with Gasteiger partial charge in [-0.15, -0.1) is 0 Å². The number of methoxy groups -OCH3 is 1. The maximum absolute atomic E-state index is 12.8. The highest BCUT2D eigenvalue weighted by Crippen LogP contribution is 2.24. The summed E-state index contributed by atoms with van der Waals surface area (Å²) in [6.07, 6.45) is 6.45. The molecular weight excluding hydrogens is 474 g/mol. The monoisotopic (exact) mass is 509 g/mol. The lowest BCUT2D eigenvalue weighted by molar-refractivity contribution is -0.139. The van der Waals surface area contributed by atoms with Gasteiger partial charge in [0.05, 0.1) is 25.2 Å². The molecule has 1 unspecified atom stereocenters. The minimum Gasteiger partial charge on any atom is -0.469 e. The van der Waals surface area contributed by atoms with Crippen LogP contribution in [-0.2, 0) is 46.6 Å². The average molecular weight is 510 g/mol. The quantitative estimate of drug-likeness (QED) is 0.302. The number of nitrogens with one attached hydrogen (secondary N) is 1. The Morgan fingerprint density at radius 1 is 0.921 bits per heavy atom. The molecule has 1 aromatic heterocycles. The normalized spacial score (nSPS) is 16.0. The van der Waals surface area contributed by atoms with Crippen molar-refractivity contribution in [2.45, 2.75) is 45.1 Å². The van der Waals surface area contributed by atoms with E-state index in [1.54, 1.807) is 0 Å². The summed E-state index contributed by atoms with van der Waals surface area (Å²) in [5, 5.41) is 8.34. The lowest BCUT2D eigenvalue weighted by Gasteiger charge is -2.33. The van der Waals surface area contributed by atoms with Gasteiger partial charge in [0, 0.05) is 31.3 Å². The van der Waals surface area contributed by atoms with Crippen LogP contribution >= 0.6 is 0 Å². The number of piperidine rings is 1. The van der Waals surface area contributed by atoms with E-state index in [9.17, 15) is 9.59 Å². The second-order valence-electron chi connectivity index (χ2n) is 10.5. The number of aromatic nitrogens is 2. The number of H-pyrrole nitrogens is 1. The highest BCUT2D eigenvalue weighted by molar-refractivity contribution is 5.83. The van der Waals surface area contributed by atoms with Crippen molar-refractivity contribution >= 4 is 22.7 Å². The molecule has 3 aromatic carbocycles. The van der Waals surface area contributed by atoms with Crippen molar-refractivity contribution in [3.63, 3.8) is 0 Å². The lowest BCUT2D eigenvalue weighted by atomic mass is 9.90. The number of hydrogen-bond donors (Lipinski definition) is 1. The number of carbonyl (C=O) groups excluding carboxylic acids is 2. The summed E-state index contributed by atoms with van der Waals surface area (Å²) in [4.78, 5) is 27.0. The molecule has 2 heterocycles. The van der Waals surface area contributed by atoms with Gasteiger partial charge in [0.15, 0.2) is 0 Å². The van der Waals surface area contributed by atoms with Crippen molar-refractivity contribution in [1.82, 2.24) is 15.1 Å². The average Bonchev–Trinajstić information content (AvgIpc) is 3.37. The van der Waals surface area contributed by atoms with Crippen LogP contribution < -0.4 is 0 Å². The fourth-order valence-corrected chi connectivity index (χ4v) is 5.62. The van der Waals surface area contributed by atoms with E-state index in [1.807, 2.05) is 36.5 Å². The standard InChI is InChI=1S/C32H35N3O3/c1-38-32(37)19-25-7-2-5-23(13-25)17-30(36)18-24-6-3-8-27(14-24)21-35-12-4-9-28(22-35)15-26-10-11-31-29(16-26)20-33-34-31/h2-3,5-8,10-11,13-14,16,20,28H,4,9,12,15,17-19,21-22H2,1H3,(H,33,34). The van der Waals surface area contributed by atoms with Crippen molar-refractivity contribution < 1.29 is 14.3 Å². The van der Waals surface area contributed by atoms with Crippen molar-refractivity contribution in [1.29, 1.82) is 0 Å². The first-order valence-electron chi connectivity index (χ1n) is 13.4. The fourth-order valence-electron chi connectivity index (χ4n) is 5.62. The molecule has 0 spiro atoms. The van der Waals surface area contributed by atoms with E-state index in [2.05, 4.69) is 51.5 Å². The first-order valence-corrected chi connectivity index (χ1v) is 13.4. The molecule has 1 fully saturated rings. The number of ether oxygens (including phenoxy) is 1. The van der Waals surface area contributed by atoms with Crippen LogP contribution in [0.2, 0.25) is 0 Å². The van der Waals surface area contributed by atoms with Gasteiger partial charge >= 0.3 is 5.97 Å². The molecular formula is C32H35N3O3. The minimum absolute atomic E-state index is 0.171. The van der Waals surface area contributed by atoms with Crippen LogP contribution in [-0.4, -0.2) is 47.0 Å². The molecule has 1 aliphatic heterocycles. The highest BCUT2D eigenvalue weighted by Gasteiger charge is 2.21. The zero-order valence-corrected chi connectivity index (χ0v) is 22.0.